The van der Waals surface area contributed by atoms with Gasteiger partial charge in [-0.15, -0.1) is 0 Å². The number of ether oxygens (including phenoxy) is 1. The quantitative estimate of drug-likeness (QED) is 0.642. The van der Waals surface area contributed by atoms with E-state index in [1.165, 1.54) is 32.1 Å². The largest absolute Gasteiger partial charge is 0.497 e. The SMILES string of the molecule is COc1cccc(N=C(N)C2CCCCC2)c1. The van der Waals surface area contributed by atoms with Gasteiger partial charge in [0.15, 0.2) is 0 Å². The average molecular weight is 232 g/mol. The Kier molecular flexibility index (Phi) is 4.02. The van der Waals surface area contributed by atoms with Crippen LogP contribution >= 0.6 is 0 Å². The lowest BCUT2D eigenvalue weighted by Crippen LogP contribution is -2.25. The van der Waals surface area contributed by atoms with Gasteiger partial charge in [-0.2, -0.15) is 0 Å². The predicted octanol–water partition coefficient (Wildman–Crippen LogP) is 3.26. The van der Waals surface area contributed by atoms with Crippen molar-refractivity contribution >= 4 is 11.5 Å². The second-order valence-electron chi connectivity index (χ2n) is 4.57. The molecule has 0 atom stereocenters. The lowest BCUT2D eigenvalue weighted by Gasteiger charge is -2.20. The molecule has 0 heterocycles. The van der Waals surface area contributed by atoms with Crippen LogP contribution in [0.2, 0.25) is 0 Å². The molecule has 2 N–H and O–H groups in total. The first-order chi connectivity index (χ1) is 8.29. The molecule has 1 aliphatic carbocycles. The minimum Gasteiger partial charge on any atom is -0.497 e. The van der Waals surface area contributed by atoms with Crippen molar-refractivity contribution in [3.8, 4) is 5.75 Å². The first kappa shape index (κ1) is 12.0. The summed E-state index contributed by atoms with van der Waals surface area (Å²) in [6.45, 7) is 0. The van der Waals surface area contributed by atoms with Gasteiger partial charge < -0.3 is 10.5 Å². The summed E-state index contributed by atoms with van der Waals surface area (Å²) in [5.74, 6) is 2.07. The Morgan fingerprint density at radius 1 is 1.29 bits per heavy atom. The highest BCUT2D eigenvalue weighted by atomic mass is 16.5. The van der Waals surface area contributed by atoms with Gasteiger partial charge in [-0.05, 0) is 25.0 Å². The van der Waals surface area contributed by atoms with Crippen LogP contribution in [-0.2, 0) is 0 Å². The van der Waals surface area contributed by atoms with Gasteiger partial charge in [0.1, 0.15) is 11.6 Å². The van der Waals surface area contributed by atoms with E-state index in [4.69, 9.17) is 10.5 Å². The Morgan fingerprint density at radius 3 is 2.76 bits per heavy atom. The highest BCUT2D eigenvalue weighted by Gasteiger charge is 2.16. The van der Waals surface area contributed by atoms with Crippen LogP contribution in [-0.4, -0.2) is 12.9 Å². The summed E-state index contributed by atoms with van der Waals surface area (Å²) in [5, 5.41) is 0. The van der Waals surface area contributed by atoms with Crippen LogP contribution in [0, 0.1) is 5.92 Å². The van der Waals surface area contributed by atoms with E-state index < -0.39 is 0 Å². The number of rotatable bonds is 3. The third-order valence-corrected chi connectivity index (χ3v) is 3.33. The van der Waals surface area contributed by atoms with Gasteiger partial charge in [0.25, 0.3) is 0 Å². The minimum atomic E-state index is 0.468. The van der Waals surface area contributed by atoms with Crippen molar-refractivity contribution in [2.24, 2.45) is 16.6 Å². The lowest BCUT2D eigenvalue weighted by atomic mass is 9.88. The van der Waals surface area contributed by atoms with Crippen LogP contribution in [0.25, 0.3) is 0 Å². The van der Waals surface area contributed by atoms with Crippen molar-refractivity contribution in [3.63, 3.8) is 0 Å². The highest BCUT2D eigenvalue weighted by molar-refractivity contribution is 5.85. The van der Waals surface area contributed by atoms with E-state index >= 15 is 0 Å². The topological polar surface area (TPSA) is 47.6 Å². The van der Waals surface area contributed by atoms with Crippen LogP contribution in [0.1, 0.15) is 32.1 Å². The molecule has 3 heteroatoms. The molecule has 3 nitrogen and oxygen atoms in total. The third-order valence-electron chi connectivity index (χ3n) is 3.33. The number of nitrogens with zero attached hydrogens (tertiary/aromatic N) is 1. The molecule has 92 valence electrons. The van der Waals surface area contributed by atoms with E-state index in [0.29, 0.717) is 5.92 Å². The van der Waals surface area contributed by atoms with Crippen molar-refractivity contribution in [3.05, 3.63) is 24.3 Å². The van der Waals surface area contributed by atoms with Gasteiger partial charge >= 0.3 is 0 Å². The second kappa shape index (κ2) is 5.71. The minimum absolute atomic E-state index is 0.468. The van der Waals surface area contributed by atoms with Gasteiger partial charge in [0, 0.05) is 12.0 Å². The molecule has 1 aromatic rings. The van der Waals surface area contributed by atoms with Gasteiger partial charge in [-0.25, -0.2) is 4.99 Å². The maximum Gasteiger partial charge on any atom is 0.121 e. The fraction of sp³-hybridized carbons (Fsp3) is 0.500. The van der Waals surface area contributed by atoms with Crippen LogP contribution in [0.4, 0.5) is 5.69 Å². The monoisotopic (exact) mass is 232 g/mol. The Bertz CT molecular complexity index is 395. The van der Waals surface area contributed by atoms with Crippen LogP contribution < -0.4 is 10.5 Å². The van der Waals surface area contributed by atoms with E-state index in [0.717, 1.165) is 17.3 Å². The Hall–Kier alpha value is -1.51. The molecular formula is C14H20N2O. The zero-order valence-corrected chi connectivity index (χ0v) is 10.4. The number of hydrogen-bond donors (Lipinski definition) is 1. The molecule has 1 aromatic carbocycles. The van der Waals surface area contributed by atoms with Gasteiger partial charge in [-0.1, -0.05) is 25.3 Å². The summed E-state index contributed by atoms with van der Waals surface area (Å²) in [6, 6.07) is 7.72. The van der Waals surface area contributed by atoms with Gasteiger partial charge in [-0.3, -0.25) is 0 Å². The molecule has 0 radical (unpaired) electrons. The smallest absolute Gasteiger partial charge is 0.121 e. The number of hydrogen-bond acceptors (Lipinski definition) is 2. The molecule has 0 aliphatic heterocycles. The predicted molar refractivity (Wildman–Crippen MR) is 70.9 cm³/mol. The highest BCUT2D eigenvalue weighted by Crippen LogP contribution is 2.26. The first-order valence-corrected chi connectivity index (χ1v) is 6.27. The van der Waals surface area contributed by atoms with Crippen LogP contribution in [0.5, 0.6) is 5.75 Å². The lowest BCUT2D eigenvalue weighted by molar-refractivity contribution is 0.415. The zero-order chi connectivity index (χ0) is 12.1. The van der Waals surface area contributed by atoms with Crippen molar-refractivity contribution in [2.45, 2.75) is 32.1 Å². The van der Waals surface area contributed by atoms with Crippen molar-refractivity contribution in [2.75, 3.05) is 7.11 Å². The van der Waals surface area contributed by atoms with Crippen molar-refractivity contribution in [1.82, 2.24) is 0 Å². The number of nitrogens with two attached hydrogens (primary N) is 1. The van der Waals surface area contributed by atoms with E-state index in [1.807, 2.05) is 24.3 Å². The number of aliphatic imine (C=N–C) groups is 1. The second-order valence-corrected chi connectivity index (χ2v) is 4.57. The number of benzene rings is 1. The summed E-state index contributed by atoms with van der Waals surface area (Å²) in [6.07, 6.45) is 6.25. The Morgan fingerprint density at radius 2 is 2.06 bits per heavy atom. The van der Waals surface area contributed by atoms with Gasteiger partial charge in [0.05, 0.1) is 12.8 Å². The van der Waals surface area contributed by atoms with E-state index in [2.05, 4.69) is 4.99 Å². The van der Waals surface area contributed by atoms with E-state index in [9.17, 15) is 0 Å². The molecule has 2 rings (SSSR count). The summed E-state index contributed by atoms with van der Waals surface area (Å²) in [4.78, 5) is 4.51. The van der Waals surface area contributed by atoms with Crippen molar-refractivity contribution in [1.29, 1.82) is 0 Å². The van der Waals surface area contributed by atoms with Crippen LogP contribution in [0.3, 0.4) is 0 Å². The molecule has 0 aromatic heterocycles. The number of amidine groups is 1. The molecule has 1 aliphatic rings. The van der Waals surface area contributed by atoms with E-state index in [1.54, 1.807) is 7.11 Å². The summed E-state index contributed by atoms with van der Waals surface area (Å²) in [7, 11) is 1.66. The summed E-state index contributed by atoms with van der Waals surface area (Å²) < 4.78 is 5.17. The fourth-order valence-electron chi connectivity index (χ4n) is 2.32. The molecular weight excluding hydrogens is 212 g/mol. The zero-order valence-electron chi connectivity index (χ0n) is 10.4. The Labute approximate surface area is 103 Å². The van der Waals surface area contributed by atoms with Gasteiger partial charge in [0.2, 0.25) is 0 Å². The summed E-state index contributed by atoms with van der Waals surface area (Å²) in [5.41, 5.74) is 6.96. The molecule has 17 heavy (non-hydrogen) atoms. The average Bonchev–Trinajstić information content (AvgIpc) is 2.40. The molecule has 1 fully saturated rings. The normalized spacial score (nSPS) is 18.1. The molecule has 0 saturated heterocycles. The molecule has 1 saturated carbocycles. The molecule has 0 spiro atoms. The summed E-state index contributed by atoms with van der Waals surface area (Å²) >= 11 is 0. The maximum absolute atomic E-state index is 6.08. The molecule has 0 bridgehead atoms. The fourth-order valence-corrected chi connectivity index (χ4v) is 2.32. The third kappa shape index (κ3) is 3.22. The first-order valence-electron chi connectivity index (χ1n) is 6.27. The Balaban J connectivity index is 2.10. The van der Waals surface area contributed by atoms with E-state index in [-0.39, 0.29) is 0 Å². The standard InChI is InChI=1S/C14H20N2O/c1-17-13-9-5-8-12(10-13)16-14(15)11-6-3-2-4-7-11/h5,8-11H,2-4,6-7H2,1H3,(H2,15,16). The van der Waals surface area contributed by atoms with Crippen LogP contribution in [0.15, 0.2) is 29.3 Å². The van der Waals surface area contributed by atoms with Crippen molar-refractivity contribution < 1.29 is 4.74 Å². The molecule has 0 unspecified atom stereocenters. The number of methoxy groups -OCH3 is 1. The molecule has 0 amide bonds. The maximum atomic E-state index is 6.08.